The highest BCUT2D eigenvalue weighted by atomic mass is 19.1. The lowest BCUT2D eigenvalue weighted by molar-refractivity contribution is -0.135. The number of carbonyl (C=O) groups excluding carboxylic acids is 2. The predicted molar refractivity (Wildman–Crippen MR) is 122 cm³/mol. The van der Waals surface area contributed by atoms with Crippen molar-refractivity contribution in [2.75, 3.05) is 6.54 Å². The Morgan fingerprint density at radius 2 is 1.88 bits per heavy atom. The smallest absolute Gasteiger partial charge is 0.411 e. The van der Waals surface area contributed by atoms with Gasteiger partial charge in [0.25, 0.3) is 0 Å². The van der Waals surface area contributed by atoms with E-state index in [4.69, 9.17) is 9.47 Å². The van der Waals surface area contributed by atoms with E-state index in [0.717, 1.165) is 12.0 Å². The highest BCUT2D eigenvalue weighted by molar-refractivity contribution is 5.91. The van der Waals surface area contributed by atoms with E-state index in [2.05, 4.69) is 5.32 Å². The molecule has 0 radical (unpaired) electrons. The fourth-order valence-corrected chi connectivity index (χ4v) is 4.74. The second-order valence-corrected chi connectivity index (χ2v) is 9.74. The van der Waals surface area contributed by atoms with Gasteiger partial charge in [-0.2, -0.15) is 0 Å². The van der Waals surface area contributed by atoms with Crippen LogP contribution < -0.4 is 10.1 Å². The van der Waals surface area contributed by atoms with E-state index in [1.165, 1.54) is 6.07 Å². The molecule has 1 spiro atoms. The van der Waals surface area contributed by atoms with Crippen molar-refractivity contribution in [3.8, 4) is 5.75 Å². The molecule has 2 amide bonds. The first kappa shape index (κ1) is 23.1. The molecule has 176 valence electrons. The minimum Gasteiger partial charge on any atom is -0.489 e. The van der Waals surface area contributed by atoms with Crippen LogP contribution in [0.3, 0.4) is 0 Å². The molecule has 2 aromatic carbocycles. The fourth-order valence-electron chi connectivity index (χ4n) is 4.74. The third-order valence-corrected chi connectivity index (χ3v) is 6.29. The van der Waals surface area contributed by atoms with Crippen LogP contribution in [0.4, 0.5) is 9.18 Å². The van der Waals surface area contributed by atoms with Gasteiger partial charge < -0.3 is 14.8 Å². The van der Waals surface area contributed by atoms with E-state index in [1.807, 2.05) is 45.0 Å². The molecule has 6 nitrogen and oxygen atoms in total. The molecule has 2 aliphatic rings. The van der Waals surface area contributed by atoms with Gasteiger partial charge in [0.2, 0.25) is 5.91 Å². The van der Waals surface area contributed by atoms with Crippen molar-refractivity contribution >= 4 is 12.0 Å². The van der Waals surface area contributed by atoms with Crippen molar-refractivity contribution in [1.29, 1.82) is 0 Å². The number of halogens is 1. The quantitative estimate of drug-likeness (QED) is 0.696. The summed E-state index contributed by atoms with van der Waals surface area (Å²) in [5.74, 6) is 0.199. The number of benzene rings is 2. The minimum absolute atomic E-state index is 0.105. The van der Waals surface area contributed by atoms with Crippen molar-refractivity contribution in [3.63, 3.8) is 0 Å². The van der Waals surface area contributed by atoms with Crippen molar-refractivity contribution in [3.05, 3.63) is 65.5 Å². The van der Waals surface area contributed by atoms with Crippen molar-refractivity contribution in [2.24, 2.45) is 0 Å². The van der Waals surface area contributed by atoms with Crippen LogP contribution in [0.5, 0.6) is 5.75 Å². The van der Waals surface area contributed by atoms with Crippen molar-refractivity contribution < 1.29 is 23.5 Å². The maximum atomic E-state index is 13.8. The van der Waals surface area contributed by atoms with E-state index in [9.17, 15) is 14.0 Å². The van der Waals surface area contributed by atoms with E-state index >= 15 is 0 Å². The van der Waals surface area contributed by atoms with E-state index in [0.29, 0.717) is 37.1 Å². The molecule has 7 heteroatoms. The predicted octanol–water partition coefficient (Wildman–Crippen LogP) is 5.13. The summed E-state index contributed by atoms with van der Waals surface area (Å²) in [5, 5.41) is 2.94. The van der Waals surface area contributed by atoms with Gasteiger partial charge in [-0.1, -0.05) is 30.3 Å². The maximum absolute atomic E-state index is 13.8. The second-order valence-electron chi connectivity index (χ2n) is 9.74. The number of hydrogen-bond donors (Lipinski definition) is 1. The van der Waals surface area contributed by atoms with Crippen LogP contribution in [-0.2, 0) is 16.1 Å². The Kier molecular flexibility index (Phi) is 6.32. The van der Waals surface area contributed by atoms with Gasteiger partial charge in [-0.15, -0.1) is 0 Å². The molecular formula is C26H31FN2O4. The molecule has 0 saturated carbocycles. The van der Waals surface area contributed by atoms with Crippen LogP contribution in [0.25, 0.3) is 0 Å². The zero-order valence-corrected chi connectivity index (χ0v) is 19.4. The van der Waals surface area contributed by atoms with Gasteiger partial charge in [-0.3, -0.25) is 9.69 Å². The zero-order valence-electron chi connectivity index (χ0n) is 19.4. The van der Waals surface area contributed by atoms with E-state index < -0.39 is 17.2 Å². The molecule has 4 rings (SSSR count). The third-order valence-electron chi connectivity index (χ3n) is 6.29. The largest absolute Gasteiger partial charge is 0.489 e. The molecule has 2 atom stereocenters. The zero-order chi connectivity index (χ0) is 23.6. The summed E-state index contributed by atoms with van der Waals surface area (Å²) in [5.41, 5.74) is -0.153. The molecule has 2 saturated heterocycles. The van der Waals surface area contributed by atoms with Crippen LogP contribution in [0, 0.1) is 5.82 Å². The number of likely N-dealkylation sites (tertiary alicyclic amines) is 1. The van der Waals surface area contributed by atoms with Crippen molar-refractivity contribution in [1.82, 2.24) is 10.2 Å². The summed E-state index contributed by atoms with van der Waals surface area (Å²) in [4.78, 5) is 27.9. The number of nitrogens with zero attached hydrogens (tertiary/aromatic N) is 1. The Hall–Kier alpha value is -3.09. The van der Waals surface area contributed by atoms with Gasteiger partial charge >= 0.3 is 6.09 Å². The van der Waals surface area contributed by atoms with Crippen molar-refractivity contribution in [2.45, 2.75) is 70.2 Å². The number of piperidine rings is 1. The summed E-state index contributed by atoms with van der Waals surface area (Å²) < 4.78 is 25.3. The Labute approximate surface area is 194 Å². The summed E-state index contributed by atoms with van der Waals surface area (Å²) in [6.07, 6.45) is 2.23. The molecular weight excluding hydrogens is 423 g/mol. The summed E-state index contributed by atoms with van der Waals surface area (Å²) in [7, 11) is 0. The first-order chi connectivity index (χ1) is 15.7. The molecule has 0 aliphatic carbocycles. The average molecular weight is 455 g/mol. The number of ether oxygens (including phenoxy) is 2. The van der Waals surface area contributed by atoms with Crippen LogP contribution in [0.2, 0.25) is 0 Å². The Bertz CT molecular complexity index is 1020. The standard InChI is InChI=1S/C26H31FN2O4/c1-25(2,3)33-24(31)29-22(13-15-26(29)14-6-16-28-23(26)30)18-9-11-20(12-10-18)32-17-19-7-4-5-8-21(19)27/h4-5,7-12,22H,6,13-17H2,1-3H3,(H,28,30)/t22-,26+/m1/s1. The highest BCUT2D eigenvalue weighted by Gasteiger charge is 2.56. The number of nitrogens with one attached hydrogen (secondary N) is 1. The Morgan fingerprint density at radius 1 is 1.15 bits per heavy atom. The van der Waals surface area contributed by atoms with E-state index in [1.54, 1.807) is 23.1 Å². The third kappa shape index (κ3) is 4.82. The van der Waals surface area contributed by atoms with Gasteiger partial charge in [0.05, 0.1) is 6.04 Å². The number of rotatable bonds is 4. The first-order valence-electron chi connectivity index (χ1n) is 11.5. The molecule has 2 aliphatic heterocycles. The van der Waals surface area contributed by atoms with Gasteiger partial charge in [0, 0.05) is 12.1 Å². The van der Waals surface area contributed by atoms with Gasteiger partial charge in [-0.05, 0) is 70.2 Å². The van der Waals surface area contributed by atoms with E-state index in [-0.39, 0.29) is 24.4 Å². The number of amides is 2. The van der Waals surface area contributed by atoms with Crippen LogP contribution >= 0.6 is 0 Å². The lowest BCUT2D eigenvalue weighted by atomic mass is 9.87. The summed E-state index contributed by atoms with van der Waals surface area (Å²) in [6, 6.07) is 13.7. The molecule has 2 aromatic rings. The van der Waals surface area contributed by atoms with Crippen LogP contribution in [0.15, 0.2) is 48.5 Å². The topological polar surface area (TPSA) is 67.9 Å². The number of hydrogen-bond acceptors (Lipinski definition) is 4. The lowest BCUT2D eigenvalue weighted by Crippen LogP contribution is -2.61. The molecule has 1 N–H and O–H groups in total. The molecule has 0 bridgehead atoms. The Balaban J connectivity index is 1.55. The van der Waals surface area contributed by atoms with Crippen LogP contribution in [-0.4, -0.2) is 34.6 Å². The molecule has 0 unspecified atom stereocenters. The van der Waals surface area contributed by atoms with Gasteiger partial charge in [0.15, 0.2) is 0 Å². The average Bonchev–Trinajstić information content (AvgIpc) is 3.15. The maximum Gasteiger partial charge on any atom is 0.411 e. The minimum atomic E-state index is -0.884. The van der Waals surface area contributed by atoms with Gasteiger partial charge in [0.1, 0.15) is 29.3 Å². The van der Waals surface area contributed by atoms with Gasteiger partial charge in [-0.25, -0.2) is 9.18 Å². The Morgan fingerprint density at radius 3 is 2.55 bits per heavy atom. The SMILES string of the molecule is CC(C)(C)OC(=O)N1[C@@H](c2ccc(OCc3ccccc3F)cc2)CC[C@]12CCCNC2=O. The molecule has 2 heterocycles. The second kappa shape index (κ2) is 9.04. The summed E-state index contributed by atoms with van der Waals surface area (Å²) in [6.45, 7) is 6.23. The van der Waals surface area contributed by atoms with Crippen LogP contribution in [0.1, 0.15) is 63.6 Å². The fraction of sp³-hybridized carbons (Fsp3) is 0.462. The molecule has 2 fully saturated rings. The first-order valence-corrected chi connectivity index (χ1v) is 11.5. The monoisotopic (exact) mass is 454 g/mol. The lowest BCUT2D eigenvalue weighted by Gasteiger charge is -2.42. The molecule has 0 aromatic heterocycles. The summed E-state index contributed by atoms with van der Waals surface area (Å²) >= 11 is 0. The molecule has 33 heavy (non-hydrogen) atoms. The number of carbonyl (C=O) groups is 2. The highest BCUT2D eigenvalue weighted by Crippen LogP contribution is 2.47. The normalized spacial score (nSPS) is 22.8.